The lowest BCUT2D eigenvalue weighted by molar-refractivity contribution is -0.137. The number of nitrogens with zero attached hydrogens (tertiary/aromatic N) is 4. The van der Waals surface area contributed by atoms with E-state index in [4.69, 9.17) is 5.11 Å². The Kier molecular flexibility index (Phi) is 5.84. The molecule has 1 fully saturated rings. The Labute approximate surface area is 168 Å². The molecule has 0 aliphatic carbocycles. The van der Waals surface area contributed by atoms with Crippen LogP contribution in [0.2, 0.25) is 0 Å². The van der Waals surface area contributed by atoms with Crippen LogP contribution in [0.5, 0.6) is 0 Å². The van der Waals surface area contributed by atoms with Gasteiger partial charge < -0.3 is 15.0 Å². The van der Waals surface area contributed by atoms with Crippen LogP contribution in [0.4, 0.5) is 0 Å². The molecule has 2 aliphatic heterocycles. The molecule has 158 valence electrons. The van der Waals surface area contributed by atoms with Gasteiger partial charge in [0, 0.05) is 32.5 Å². The maximum absolute atomic E-state index is 13.0. The van der Waals surface area contributed by atoms with Gasteiger partial charge >= 0.3 is 11.7 Å². The Balaban J connectivity index is 1.62. The number of carboxylic acid groups (broad SMARTS) is 1. The predicted molar refractivity (Wildman–Crippen MR) is 108 cm³/mol. The Morgan fingerprint density at radius 3 is 2.66 bits per heavy atom. The first kappa shape index (κ1) is 19.9. The van der Waals surface area contributed by atoms with Crippen LogP contribution in [0, 0.1) is 5.92 Å². The van der Waals surface area contributed by atoms with Gasteiger partial charge in [-0.05, 0) is 57.5 Å². The average molecular weight is 403 g/mol. The normalized spacial score (nSPS) is 17.1. The number of carbonyl (C=O) groups is 1. The van der Waals surface area contributed by atoms with Crippen molar-refractivity contribution in [3.05, 3.63) is 26.7 Å². The molecular formula is C20H29N5O4. The van der Waals surface area contributed by atoms with E-state index in [9.17, 15) is 14.4 Å². The maximum atomic E-state index is 13.0. The third-order valence-electron chi connectivity index (χ3n) is 6.21. The number of nitrogens with one attached hydrogen (secondary N) is 1. The van der Waals surface area contributed by atoms with Gasteiger partial charge in [-0.25, -0.2) is 9.78 Å². The molecule has 9 nitrogen and oxygen atoms in total. The highest BCUT2D eigenvalue weighted by molar-refractivity contribution is 5.71. The van der Waals surface area contributed by atoms with Gasteiger partial charge in [0.2, 0.25) is 0 Å². The van der Waals surface area contributed by atoms with Crippen molar-refractivity contribution in [2.75, 3.05) is 13.1 Å². The SMILES string of the molecule is O=C(O)CCCCn1c(=O)c2nc(CCC3CCNCC3)n3c2n(c1=O)CCC3. The molecule has 0 aromatic carbocycles. The first-order valence-electron chi connectivity index (χ1n) is 10.7. The van der Waals surface area contributed by atoms with E-state index >= 15 is 0 Å². The van der Waals surface area contributed by atoms with Gasteiger partial charge in [0.25, 0.3) is 5.56 Å². The van der Waals surface area contributed by atoms with E-state index in [1.807, 2.05) is 0 Å². The number of unbranched alkanes of at least 4 members (excludes halogenated alkanes) is 1. The second-order valence-electron chi connectivity index (χ2n) is 8.18. The minimum absolute atomic E-state index is 0.0423. The Bertz CT molecular complexity index is 1010. The molecule has 0 atom stereocenters. The van der Waals surface area contributed by atoms with Crippen LogP contribution < -0.4 is 16.6 Å². The lowest BCUT2D eigenvalue weighted by Crippen LogP contribution is -2.41. The van der Waals surface area contributed by atoms with Gasteiger partial charge in [-0.2, -0.15) is 0 Å². The van der Waals surface area contributed by atoms with Crippen molar-refractivity contribution >= 4 is 17.1 Å². The van der Waals surface area contributed by atoms with Gasteiger partial charge in [0.05, 0.1) is 0 Å². The molecule has 2 aromatic heterocycles. The van der Waals surface area contributed by atoms with Crippen LogP contribution in [0.3, 0.4) is 0 Å². The molecule has 0 spiro atoms. The van der Waals surface area contributed by atoms with Crippen molar-refractivity contribution in [1.29, 1.82) is 0 Å². The van der Waals surface area contributed by atoms with Crippen LogP contribution in [0.15, 0.2) is 9.59 Å². The first-order valence-corrected chi connectivity index (χ1v) is 10.7. The average Bonchev–Trinajstić information content (AvgIpc) is 3.10. The molecule has 0 bridgehead atoms. The summed E-state index contributed by atoms with van der Waals surface area (Å²) in [5.74, 6) is 0.726. The van der Waals surface area contributed by atoms with Crippen LogP contribution in [-0.2, 0) is 30.8 Å². The number of aryl methyl sites for hydroxylation is 3. The number of hydrogen-bond acceptors (Lipinski definition) is 5. The zero-order valence-electron chi connectivity index (χ0n) is 16.7. The van der Waals surface area contributed by atoms with Gasteiger partial charge in [-0.15, -0.1) is 0 Å². The van der Waals surface area contributed by atoms with Gasteiger partial charge in [-0.1, -0.05) is 0 Å². The summed E-state index contributed by atoms with van der Waals surface area (Å²) < 4.78 is 4.99. The summed E-state index contributed by atoms with van der Waals surface area (Å²) in [5, 5.41) is 12.2. The molecule has 0 amide bonds. The van der Waals surface area contributed by atoms with E-state index in [0.29, 0.717) is 36.5 Å². The van der Waals surface area contributed by atoms with E-state index in [-0.39, 0.29) is 24.2 Å². The molecule has 0 unspecified atom stereocenters. The second kappa shape index (κ2) is 8.52. The van der Waals surface area contributed by atoms with Crippen molar-refractivity contribution in [2.24, 2.45) is 5.92 Å². The number of aromatic nitrogens is 4. The van der Waals surface area contributed by atoms with Gasteiger partial charge in [0.1, 0.15) is 11.5 Å². The van der Waals surface area contributed by atoms with E-state index < -0.39 is 5.97 Å². The molecule has 4 heterocycles. The van der Waals surface area contributed by atoms with Crippen LogP contribution in [0.25, 0.3) is 11.2 Å². The van der Waals surface area contributed by atoms with E-state index in [0.717, 1.165) is 44.7 Å². The number of piperidine rings is 1. The molecule has 2 N–H and O–H groups in total. The molecule has 1 saturated heterocycles. The van der Waals surface area contributed by atoms with Crippen molar-refractivity contribution in [3.8, 4) is 0 Å². The molecule has 2 aliphatic rings. The smallest absolute Gasteiger partial charge is 0.332 e. The zero-order valence-corrected chi connectivity index (χ0v) is 16.7. The number of carboxylic acids is 1. The van der Waals surface area contributed by atoms with Crippen LogP contribution in [-0.4, -0.2) is 42.9 Å². The van der Waals surface area contributed by atoms with E-state index in [1.165, 1.54) is 17.4 Å². The minimum Gasteiger partial charge on any atom is -0.481 e. The van der Waals surface area contributed by atoms with Gasteiger partial charge in [-0.3, -0.25) is 18.7 Å². The fourth-order valence-corrected chi connectivity index (χ4v) is 4.62. The van der Waals surface area contributed by atoms with Crippen molar-refractivity contribution in [1.82, 2.24) is 24.0 Å². The molecule has 2 aromatic rings. The molecule has 4 rings (SSSR count). The van der Waals surface area contributed by atoms with Crippen LogP contribution >= 0.6 is 0 Å². The lowest BCUT2D eigenvalue weighted by Gasteiger charge is -2.23. The second-order valence-corrected chi connectivity index (χ2v) is 8.18. The maximum Gasteiger partial charge on any atom is 0.332 e. The highest BCUT2D eigenvalue weighted by Crippen LogP contribution is 2.22. The summed E-state index contributed by atoms with van der Waals surface area (Å²) in [4.78, 5) is 41.3. The fourth-order valence-electron chi connectivity index (χ4n) is 4.62. The molecular weight excluding hydrogens is 374 g/mol. The number of imidazole rings is 1. The summed E-state index contributed by atoms with van der Waals surface area (Å²) in [7, 11) is 0. The third kappa shape index (κ3) is 4.01. The van der Waals surface area contributed by atoms with Crippen molar-refractivity contribution in [3.63, 3.8) is 0 Å². The fraction of sp³-hybridized carbons (Fsp3) is 0.700. The zero-order chi connectivity index (χ0) is 20.4. The first-order chi connectivity index (χ1) is 14.1. The summed E-state index contributed by atoms with van der Waals surface area (Å²) in [6.45, 7) is 3.74. The molecule has 0 saturated carbocycles. The molecule has 0 radical (unpaired) electrons. The Hall–Kier alpha value is -2.42. The van der Waals surface area contributed by atoms with Crippen molar-refractivity contribution < 1.29 is 9.90 Å². The molecule has 29 heavy (non-hydrogen) atoms. The number of hydrogen-bond donors (Lipinski definition) is 2. The summed E-state index contributed by atoms with van der Waals surface area (Å²) in [6, 6.07) is 0. The summed E-state index contributed by atoms with van der Waals surface area (Å²) in [6.07, 6.45) is 6.04. The van der Waals surface area contributed by atoms with Crippen LogP contribution in [0.1, 0.15) is 50.8 Å². The highest BCUT2D eigenvalue weighted by Gasteiger charge is 2.24. The lowest BCUT2D eigenvalue weighted by atomic mass is 9.93. The monoisotopic (exact) mass is 403 g/mol. The number of rotatable bonds is 8. The quantitative estimate of drug-likeness (QED) is 0.635. The summed E-state index contributed by atoms with van der Waals surface area (Å²) >= 11 is 0. The van der Waals surface area contributed by atoms with E-state index in [1.54, 1.807) is 4.57 Å². The highest BCUT2D eigenvalue weighted by atomic mass is 16.4. The van der Waals surface area contributed by atoms with Crippen molar-refractivity contribution in [2.45, 2.75) is 71.0 Å². The topological polar surface area (TPSA) is 111 Å². The van der Waals surface area contributed by atoms with Gasteiger partial charge in [0.15, 0.2) is 5.52 Å². The standard InChI is InChI=1S/C20H29N5O4/c26-16(27)4-1-2-11-25-19(28)17-18-23(12-3-13-24(18)20(25)29)15(22-17)6-5-14-7-9-21-10-8-14/h14,21H,1-13H2,(H,26,27). The summed E-state index contributed by atoms with van der Waals surface area (Å²) in [5.41, 5.74) is 0.389. The third-order valence-corrected chi connectivity index (χ3v) is 6.21. The Morgan fingerprint density at radius 1 is 1.14 bits per heavy atom. The largest absolute Gasteiger partial charge is 0.481 e. The van der Waals surface area contributed by atoms with E-state index in [2.05, 4.69) is 14.9 Å². The predicted octanol–water partition coefficient (Wildman–Crippen LogP) is 0.951. The number of aliphatic carboxylic acids is 1. The minimum atomic E-state index is -0.864. The Morgan fingerprint density at radius 2 is 1.90 bits per heavy atom. The molecule has 9 heteroatoms.